The zero-order valence-corrected chi connectivity index (χ0v) is 7.99. The maximum absolute atomic E-state index is 11.5. The van der Waals surface area contributed by atoms with Crippen molar-refractivity contribution in [2.24, 2.45) is 0 Å². The Morgan fingerprint density at radius 3 is 3.07 bits per heavy atom. The highest BCUT2D eigenvalue weighted by atomic mass is 16.5. The first-order valence-electron chi connectivity index (χ1n) is 4.45. The fourth-order valence-corrected chi connectivity index (χ4v) is 1.53. The molecule has 0 atom stereocenters. The number of nitrogens with zero attached hydrogens (tertiary/aromatic N) is 1. The van der Waals surface area contributed by atoms with E-state index in [2.05, 4.69) is 5.32 Å². The number of hydrogen-bond donors (Lipinski definition) is 1. The fourth-order valence-electron chi connectivity index (χ4n) is 1.53. The minimum Gasteiger partial charge on any atom is -0.374 e. The van der Waals surface area contributed by atoms with Gasteiger partial charge in [-0.2, -0.15) is 0 Å². The van der Waals surface area contributed by atoms with Crippen molar-refractivity contribution in [2.75, 3.05) is 30.6 Å². The van der Waals surface area contributed by atoms with E-state index in [1.54, 1.807) is 12.0 Å². The van der Waals surface area contributed by atoms with Crippen LogP contribution in [0.4, 0.5) is 11.4 Å². The van der Waals surface area contributed by atoms with E-state index in [-0.39, 0.29) is 5.91 Å². The Kier molecular flexibility index (Phi) is 2.37. The number of amides is 1. The minimum absolute atomic E-state index is 0.0329. The number of hydrogen-bond acceptors (Lipinski definition) is 3. The standard InChI is InChI=1S/C10H12N2O2/c1-14-7-12-9-5-3-2-4-8(9)11-6-10(12)13/h2-5,11H,6-7H2,1H3. The van der Waals surface area contributed by atoms with Crippen molar-refractivity contribution >= 4 is 17.3 Å². The molecule has 1 aromatic rings. The molecular weight excluding hydrogens is 180 g/mol. The third kappa shape index (κ3) is 1.44. The third-order valence-electron chi connectivity index (χ3n) is 2.18. The van der Waals surface area contributed by atoms with Crippen molar-refractivity contribution in [1.82, 2.24) is 0 Å². The fraction of sp³-hybridized carbons (Fsp3) is 0.300. The van der Waals surface area contributed by atoms with E-state index >= 15 is 0 Å². The van der Waals surface area contributed by atoms with Gasteiger partial charge in [0, 0.05) is 7.11 Å². The Bertz CT molecular complexity index is 352. The second-order valence-electron chi connectivity index (χ2n) is 3.11. The number of ether oxygens (including phenoxy) is 1. The average Bonchev–Trinajstić information content (AvgIpc) is 2.23. The summed E-state index contributed by atoms with van der Waals surface area (Å²) in [7, 11) is 1.58. The molecular formula is C10H12N2O2. The van der Waals surface area contributed by atoms with E-state index in [0.717, 1.165) is 11.4 Å². The topological polar surface area (TPSA) is 41.6 Å². The van der Waals surface area contributed by atoms with Gasteiger partial charge >= 0.3 is 0 Å². The zero-order valence-electron chi connectivity index (χ0n) is 7.99. The highest BCUT2D eigenvalue weighted by molar-refractivity contribution is 6.02. The van der Waals surface area contributed by atoms with Gasteiger partial charge in [-0.05, 0) is 12.1 Å². The molecule has 1 heterocycles. The number of carbonyl (C=O) groups excluding carboxylic acids is 1. The van der Waals surface area contributed by atoms with Crippen LogP contribution in [-0.4, -0.2) is 26.3 Å². The minimum atomic E-state index is 0.0329. The molecule has 0 saturated carbocycles. The lowest BCUT2D eigenvalue weighted by atomic mass is 10.2. The van der Waals surface area contributed by atoms with Gasteiger partial charge in [0.1, 0.15) is 6.73 Å². The number of anilines is 2. The Labute approximate surface area is 82.5 Å². The summed E-state index contributed by atoms with van der Waals surface area (Å²) < 4.78 is 4.99. The zero-order chi connectivity index (χ0) is 9.97. The molecule has 2 rings (SSSR count). The Morgan fingerprint density at radius 1 is 1.50 bits per heavy atom. The summed E-state index contributed by atoms with van der Waals surface area (Å²) in [5.74, 6) is 0.0329. The van der Waals surface area contributed by atoms with Gasteiger partial charge < -0.3 is 10.1 Å². The van der Waals surface area contributed by atoms with E-state index in [1.165, 1.54) is 0 Å². The van der Waals surface area contributed by atoms with Crippen LogP contribution in [0, 0.1) is 0 Å². The summed E-state index contributed by atoms with van der Waals surface area (Å²) in [6.07, 6.45) is 0. The van der Waals surface area contributed by atoms with Gasteiger partial charge in [0.15, 0.2) is 0 Å². The first kappa shape index (κ1) is 9.02. The predicted molar refractivity (Wildman–Crippen MR) is 54.3 cm³/mol. The summed E-state index contributed by atoms with van der Waals surface area (Å²) in [5.41, 5.74) is 1.86. The molecule has 1 aliphatic rings. The molecule has 0 saturated heterocycles. The summed E-state index contributed by atoms with van der Waals surface area (Å²) in [6.45, 7) is 0.637. The number of nitrogens with one attached hydrogen (secondary N) is 1. The predicted octanol–water partition coefficient (Wildman–Crippen LogP) is 1.05. The Morgan fingerprint density at radius 2 is 2.29 bits per heavy atom. The molecule has 1 N–H and O–H groups in total. The third-order valence-corrected chi connectivity index (χ3v) is 2.18. The normalized spacial score (nSPS) is 14.9. The monoisotopic (exact) mass is 192 g/mol. The van der Waals surface area contributed by atoms with Gasteiger partial charge in [-0.1, -0.05) is 12.1 Å². The molecule has 0 aromatic heterocycles. The average molecular weight is 192 g/mol. The van der Waals surface area contributed by atoms with Crippen LogP contribution in [0.1, 0.15) is 0 Å². The molecule has 0 radical (unpaired) electrons. The van der Waals surface area contributed by atoms with Gasteiger partial charge in [-0.25, -0.2) is 0 Å². The summed E-state index contributed by atoms with van der Waals surface area (Å²) in [4.78, 5) is 13.2. The van der Waals surface area contributed by atoms with Gasteiger partial charge in [-0.3, -0.25) is 9.69 Å². The first-order valence-corrected chi connectivity index (χ1v) is 4.45. The van der Waals surface area contributed by atoms with Crippen molar-refractivity contribution in [3.05, 3.63) is 24.3 Å². The lowest BCUT2D eigenvalue weighted by Crippen LogP contribution is -2.40. The quantitative estimate of drug-likeness (QED) is 0.761. The maximum atomic E-state index is 11.5. The van der Waals surface area contributed by atoms with E-state index in [9.17, 15) is 4.79 Å². The van der Waals surface area contributed by atoms with Crippen LogP contribution in [-0.2, 0) is 9.53 Å². The van der Waals surface area contributed by atoms with Crippen molar-refractivity contribution < 1.29 is 9.53 Å². The Balaban J connectivity index is 2.36. The number of para-hydroxylation sites is 2. The molecule has 4 nitrogen and oxygen atoms in total. The molecule has 1 aliphatic heterocycles. The van der Waals surface area contributed by atoms with E-state index < -0.39 is 0 Å². The lowest BCUT2D eigenvalue weighted by molar-refractivity contribution is -0.118. The van der Waals surface area contributed by atoms with Crippen molar-refractivity contribution in [1.29, 1.82) is 0 Å². The molecule has 0 fully saturated rings. The van der Waals surface area contributed by atoms with Crippen molar-refractivity contribution in [3.8, 4) is 0 Å². The molecule has 14 heavy (non-hydrogen) atoms. The van der Waals surface area contributed by atoms with Crippen molar-refractivity contribution in [2.45, 2.75) is 0 Å². The van der Waals surface area contributed by atoms with Crippen LogP contribution in [0.25, 0.3) is 0 Å². The molecule has 0 spiro atoms. The number of methoxy groups -OCH3 is 1. The molecule has 1 aromatic carbocycles. The SMILES string of the molecule is COCN1C(=O)CNc2ccccc21. The maximum Gasteiger partial charge on any atom is 0.248 e. The summed E-state index contributed by atoms with van der Waals surface area (Å²) >= 11 is 0. The van der Waals surface area contributed by atoms with Crippen LogP contribution >= 0.6 is 0 Å². The summed E-state index contributed by atoms with van der Waals surface area (Å²) in [5, 5.41) is 3.05. The van der Waals surface area contributed by atoms with Crippen LogP contribution in [0.15, 0.2) is 24.3 Å². The highest BCUT2D eigenvalue weighted by Gasteiger charge is 2.22. The Hall–Kier alpha value is -1.55. The van der Waals surface area contributed by atoms with Gasteiger partial charge in [0.2, 0.25) is 5.91 Å². The number of fused-ring (bicyclic) bond motifs is 1. The second-order valence-corrected chi connectivity index (χ2v) is 3.11. The highest BCUT2D eigenvalue weighted by Crippen LogP contribution is 2.28. The second kappa shape index (κ2) is 3.67. The molecule has 0 unspecified atom stereocenters. The molecule has 1 amide bonds. The van der Waals surface area contributed by atoms with Crippen LogP contribution in [0.2, 0.25) is 0 Å². The number of carbonyl (C=O) groups is 1. The van der Waals surface area contributed by atoms with E-state index in [0.29, 0.717) is 13.3 Å². The van der Waals surface area contributed by atoms with Crippen molar-refractivity contribution in [3.63, 3.8) is 0 Å². The first-order chi connectivity index (χ1) is 6.83. The smallest absolute Gasteiger partial charge is 0.248 e. The number of rotatable bonds is 2. The van der Waals surface area contributed by atoms with Crippen LogP contribution < -0.4 is 10.2 Å². The lowest BCUT2D eigenvalue weighted by Gasteiger charge is -2.29. The van der Waals surface area contributed by atoms with Gasteiger partial charge in [0.25, 0.3) is 0 Å². The number of benzene rings is 1. The van der Waals surface area contributed by atoms with Gasteiger partial charge in [-0.15, -0.1) is 0 Å². The van der Waals surface area contributed by atoms with E-state index in [4.69, 9.17) is 4.74 Å². The largest absolute Gasteiger partial charge is 0.374 e. The van der Waals surface area contributed by atoms with Crippen LogP contribution in [0.3, 0.4) is 0 Å². The van der Waals surface area contributed by atoms with Gasteiger partial charge in [0.05, 0.1) is 17.9 Å². The summed E-state index contributed by atoms with van der Waals surface area (Å²) in [6, 6.07) is 7.69. The van der Waals surface area contributed by atoms with Crippen LogP contribution in [0.5, 0.6) is 0 Å². The van der Waals surface area contributed by atoms with E-state index in [1.807, 2.05) is 24.3 Å². The molecule has 4 heteroatoms. The molecule has 0 aliphatic carbocycles. The molecule has 74 valence electrons. The molecule has 0 bridgehead atoms.